The third kappa shape index (κ3) is 4.42. The third-order valence-corrected chi connectivity index (χ3v) is 3.41. The lowest BCUT2D eigenvalue weighted by Crippen LogP contribution is -2.15. The molecule has 0 spiro atoms. The number of hydrogen-bond acceptors (Lipinski definition) is 5. The van der Waals surface area contributed by atoms with Crippen molar-refractivity contribution in [1.29, 1.82) is 0 Å². The average Bonchev–Trinajstić information content (AvgIpc) is 2.40. The van der Waals surface area contributed by atoms with E-state index in [4.69, 9.17) is 5.73 Å². The number of amides is 1. The van der Waals surface area contributed by atoms with Gasteiger partial charge < -0.3 is 11.1 Å². The molecule has 1 heterocycles. The maximum absolute atomic E-state index is 13.5. The molecular formula is C14H15FN4OS. The standard InChI is InChI=1S/C14H15FN4OS/c1-8-5-9(2)18-14(17-8)21-7-13(20)19-12-6-10(16)3-4-11(12)15/h3-6H,7,16H2,1-2H3,(H,19,20). The molecule has 0 aliphatic heterocycles. The van der Waals surface area contributed by atoms with Crippen molar-refractivity contribution in [1.82, 2.24) is 9.97 Å². The molecule has 0 saturated heterocycles. The summed E-state index contributed by atoms with van der Waals surface area (Å²) < 4.78 is 13.5. The highest BCUT2D eigenvalue weighted by Gasteiger charge is 2.09. The molecule has 2 rings (SSSR count). The summed E-state index contributed by atoms with van der Waals surface area (Å²) >= 11 is 1.20. The van der Waals surface area contributed by atoms with Crippen molar-refractivity contribution in [2.24, 2.45) is 0 Å². The van der Waals surface area contributed by atoms with E-state index in [1.54, 1.807) is 0 Å². The van der Waals surface area contributed by atoms with Gasteiger partial charge >= 0.3 is 0 Å². The van der Waals surface area contributed by atoms with Gasteiger partial charge in [0, 0.05) is 17.1 Å². The topological polar surface area (TPSA) is 80.9 Å². The summed E-state index contributed by atoms with van der Waals surface area (Å²) in [6.45, 7) is 3.72. The Hall–Kier alpha value is -2.15. The molecule has 21 heavy (non-hydrogen) atoms. The maximum Gasteiger partial charge on any atom is 0.234 e. The Morgan fingerprint density at radius 1 is 1.29 bits per heavy atom. The van der Waals surface area contributed by atoms with E-state index in [0.717, 1.165) is 11.4 Å². The Morgan fingerprint density at radius 3 is 2.62 bits per heavy atom. The van der Waals surface area contributed by atoms with Crippen LogP contribution in [0, 0.1) is 19.7 Å². The maximum atomic E-state index is 13.5. The quantitative estimate of drug-likeness (QED) is 0.515. The lowest BCUT2D eigenvalue weighted by molar-refractivity contribution is -0.113. The molecule has 0 atom stereocenters. The van der Waals surface area contributed by atoms with Crippen molar-refractivity contribution in [2.75, 3.05) is 16.8 Å². The minimum Gasteiger partial charge on any atom is -0.399 e. The first-order valence-electron chi connectivity index (χ1n) is 6.24. The molecule has 1 amide bonds. The molecule has 7 heteroatoms. The van der Waals surface area contributed by atoms with Crippen LogP contribution >= 0.6 is 11.8 Å². The Morgan fingerprint density at radius 2 is 1.95 bits per heavy atom. The number of halogens is 1. The second kappa shape index (κ2) is 6.53. The highest BCUT2D eigenvalue weighted by Crippen LogP contribution is 2.19. The lowest BCUT2D eigenvalue weighted by atomic mass is 10.2. The van der Waals surface area contributed by atoms with E-state index in [1.165, 1.54) is 30.0 Å². The van der Waals surface area contributed by atoms with Crippen LogP contribution in [0.2, 0.25) is 0 Å². The van der Waals surface area contributed by atoms with Gasteiger partial charge in [0.25, 0.3) is 0 Å². The van der Waals surface area contributed by atoms with Gasteiger partial charge in [0.1, 0.15) is 5.82 Å². The molecule has 0 radical (unpaired) electrons. The van der Waals surface area contributed by atoms with E-state index in [-0.39, 0.29) is 17.3 Å². The Balaban J connectivity index is 1.97. The summed E-state index contributed by atoms with van der Waals surface area (Å²) in [5.41, 5.74) is 7.70. The Bertz CT molecular complexity index is 658. The lowest BCUT2D eigenvalue weighted by Gasteiger charge is -2.07. The molecule has 5 nitrogen and oxygen atoms in total. The molecule has 3 N–H and O–H groups in total. The van der Waals surface area contributed by atoms with E-state index in [0.29, 0.717) is 10.8 Å². The SMILES string of the molecule is Cc1cc(C)nc(SCC(=O)Nc2cc(N)ccc2F)n1. The fourth-order valence-electron chi connectivity index (χ4n) is 1.71. The number of aryl methyl sites for hydroxylation is 2. The van der Waals surface area contributed by atoms with Gasteiger partial charge in [-0.3, -0.25) is 4.79 Å². The van der Waals surface area contributed by atoms with Crippen molar-refractivity contribution >= 4 is 29.0 Å². The van der Waals surface area contributed by atoms with Gasteiger partial charge in [-0.2, -0.15) is 0 Å². The van der Waals surface area contributed by atoms with Crippen molar-refractivity contribution in [2.45, 2.75) is 19.0 Å². The average molecular weight is 306 g/mol. The number of aromatic nitrogens is 2. The van der Waals surface area contributed by atoms with Gasteiger partial charge in [-0.05, 0) is 38.1 Å². The fraction of sp³-hybridized carbons (Fsp3) is 0.214. The molecular weight excluding hydrogens is 291 g/mol. The number of benzene rings is 1. The highest BCUT2D eigenvalue weighted by molar-refractivity contribution is 7.99. The summed E-state index contributed by atoms with van der Waals surface area (Å²) in [6.07, 6.45) is 0. The Kier molecular flexibility index (Phi) is 4.74. The van der Waals surface area contributed by atoms with Gasteiger partial charge in [0.2, 0.25) is 5.91 Å². The molecule has 1 aromatic heterocycles. The number of hydrogen-bond donors (Lipinski definition) is 2. The minimum atomic E-state index is -0.523. The molecule has 1 aromatic carbocycles. The summed E-state index contributed by atoms with van der Waals surface area (Å²) in [5, 5.41) is 3.00. The predicted octanol–water partition coefficient (Wildman–Crippen LogP) is 2.55. The zero-order valence-electron chi connectivity index (χ0n) is 11.7. The highest BCUT2D eigenvalue weighted by atomic mass is 32.2. The van der Waals surface area contributed by atoms with Crippen LogP contribution in [0.15, 0.2) is 29.4 Å². The van der Waals surface area contributed by atoms with Gasteiger partial charge in [-0.25, -0.2) is 14.4 Å². The van der Waals surface area contributed by atoms with Gasteiger partial charge in [-0.15, -0.1) is 0 Å². The number of nitrogen functional groups attached to an aromatic ring is 1. The number of carbonyl (C=O) groups is 1. The molecule has 2 aromatic rings. The fourth-order valence-corrected chi connectivity index (χ4v) is 2.46. The predicted molar refractivity (Wildman–Crippen MR) is 81.7 cm³/mol. The smallest absolute Gasteiger partial charge is 0.234 e. The summed E-state index contributed by atoms with van der Waals surface area (Å²) in [4.78, 5) is 20.3. The van der Waals surface area contributed by atoms with Crippen molar-refractivity contribution in [3.05, 3.63) is 41.5 Å². The minimum absolute atomic E-state index is 0.0712. The molecule has 0 saturated carbocycles. The molecule has 0 unspecified atom stereocenters. The number of nitrogens with two attached hydrogens (primary N) is 1. The van der Waals surface area contributed by atoms with Crippen molar-refractivity contribution in [3.63, 3.8) is 0 Å². The van der Waals surface area contributed by atoms with Crippen molar-refractivity contribution in [3.8, 4) is 0 Å². The Labute approximate surface area is 126 Å². The van der Waals surface area contributed by atoms with Crippen molar-refractivity contribution < 1.29 is 9.18 Å². The van der Waals surface area contributed by atoms with Crippen LogP contribution in [0.25, 0.3) is 0 Å². The second-order valence-electron chi connectivity index (χ2n) is 4.51. The van der Waals surface area contributed by atoms with E-state index in [9.17, 15) is 9.18 Å². The number of rotatable bonds is 4. The monoisotopic (exact) mass is 306 g/mol. The third-order valence-electron chi connectivity index (χ3n) is 2.56. The van der Waals surface area contributed by atoms with Crippen LogP contribution in [-0.2, 0) is 4.79 Å². The number of nitrogens with zero attached hydrogens (tertiary/aromatic N) is 2. The molecule has 0 aliphatic rings. The first kappa shape index (κ1) is 15.2. The van der Waals surface area contributed by atoms with E-state index in [2.05, 4.69) is 15.3 Å². The summed E-state index contributed by atoms with van der Waals surface area (Å²) in [5.74, 6) is -0.769. The number of nitrogens with one attached hydrogen (secondary N) is 1. The first-order chi connectivity index (χ1) is 9.94. The van der Waals surface area contributed by atoms with E-state index < -0.39 is 5.82 Å². The normalized spacial score (nSPS) is 10.4. The zero-order chi connectivity index (χ0) is 15.4. The van der Waals surface area contributed by atoms with E-state index in [1.807, 2.05) is 19.9 Å². The second-order valence-corrected chi connectivity index (χ2v) is 5.45. The largest absolute Gasteiger partial charge is 0.399 e. The van der Waals surface area contributed by atoms with Crippen LogP contribution in [0.5, 0.6) is 0 Å². The number of thioether (sulfide) groups is 1. The number of anilines is 2. The van der Waals surface area contributed by atoms with Gasteiger partial charge in [-0.1, -0.05) is 11.8 Å². The summed E-state index contributed by atoms with van der Waals surface area (Å²) in [6, 6.07) is 5.88. The van der Waals surface area contributed by atoms with Crippen LogP contribution in [-0.4, -0.2) is 21.6 Å². The summed E-state index contributed by atoms with van der Waals surface area (Å²) in [7, 11) is 0. The molecule has 0 aliphatic carbocycles. The number of carbonyl (C=O) groups excluding carboxylic acids is 1. The van der Waals surface area contributed by atoms with Gasteiger partial charge in [0.15, 0.2) is 5.16 Å². The molecule has 0 bridgehead atoms. The van der Waals surface area contributed by atoms with E-state index >= 15 is 0 Å². The molecule has 110 valence electrons. The first-order valence-corrected chi connectivity index (χ1v) is 7.22. The molecule has 0 fully saturated rings. The van der Waals surface area contributed by atoms with Crippen LogP contribution in [0.3, 0.4) is 0 Å². The van der Waals surface area contributed by atoms with Gasteiger partial charge in [0.05, 0.1) is 11.4 Å². The van der Waals surface area contributed by atoms with Crippen LogP contribution < -0.4 is 11.1 Å². The van der Waals surface area contributed by atoms with Crippen LogP contribution in [0.4, 0.5) is 15.8 Å². The zero-order valence-corrected chi connectivity index (χ0v) is 12.5. The van der Waals surface area contributed by atoms with Crippen LogP contribution in [0.1, 0.15) is 11.4 Å².